The van der Waals surface area contributed by atoms with Crippen LogP contribution in [0.25, 0.3) is 0 Å². The number of ether oxygens (including phenoxy) is 1. The summed E-state index contributed by atoms with van der Waals surface area (Å²) >= 11 is 0. The summed E-state index contributed by atoms with van der Waals surface area (Å²) in [4.78, 5) is 10.6. The van der Waals surface area contributed by atoms with Crippen LogP contribution in [-0.4, -0.2) is 18.6 Å². The highest BCUT2D eigenvalue weighted by atomic mass is 16.5. The molecule has 0 atom stereocenters. The van der Waals surface area contributed by atoms with E-state index in [1.165, 1.54) is 0 Å². The normalized spacial score (nSPS) is 9.78. The fourth-order valence-electron chi connectivity index (χ4n) is 0.440. The van der Waals surface area contributed by atoms with Gasteiger partial charge in [-0.05, 0) is 13.8 Å². The first-order chi connectivity index (χ1) is 4.16. The first-order valence-electron chi connectivity index (χ1n) is 3.06. The standard InChI is InChI=1S/C6H13NO2/c1-5(2)9-6(8)3-4-7/h5H,3-4,7H2,1-2H3. The van der Waals surface area contributed by atoms with Crippen LogP contribution in [0.3, 0.4) is 0 Å². The summed E-state index contributed by atoms with van der Waals surface area (Å²) < 4.78 is 4.77. The van der Waals surface area contributed by atoms with Crippen molar-refractivity contribution in [2.24, 2.45) is 5.73 Å². The number of carbonyl (C=O) groups excluding carboxylic acids is 1. The van der Waals surface area contributed by atoms with Crippen LogP contribution in [0.4, 0.5) is 0 Å². The molecule has 0 rings (SSSR count). The van der Waals surface area contributed by atoms with Crippen molar-refractivity contribution in [3.8, 4) is 0 Å². The highest BCUT2D eigenvalue weighted by molar-refractivity contribution is 5.69. The predicted octanol–water partition coefficient (Wildman–Crippen LogP) is 0.287. The van der Waals surface area contributed by atoms with Crippen LogP contribution in [-0.2, 0) is 9.53 Å². The predicted molar refractivity (Wildman–Crippen MR) is 34.9 cm³/mol. The second-order valence-corrected chi connectivity index (χ2v) is 2.08. The quantitative estimate of drug-likeness (QED) is 0.560. The summed E-state index contributed by atoms with van der Waals surface area (Å²) in [5.74, 6) is -0.215. The second-order valence-electron chi connectivity index (χ2n) is 2.08. The number of rotatable bonds is 3. The molecule has 0 aromatic carbocycles. The van der Waals surface area contributed by atoms with Crippen LogP contribution in [0.15, 0.2) is 0 Å². The first-order valence-corrected chi connectivity index (χ1v) is 3.06. The molecule has 0 saturated heterocycles. The molecule has 0 aliphatic heterocycles. The molecule has 54 valence electrons. The minimum Gasteiger partial charge on any atom is -0.463 e. The van der Waals surface area contributed by atoms with E-state index >= 15 is 0 Å². The highest BCUT2D eigenvalue weighted by Gasteiger charge is 2.01. The smallest absolute Gasteiger partial charge is 0.307 e. The van der Waals surface area contributed by atoms with Gasteiger partial charge in [0, 0.05) is 6.54 Å². The topological polar surface area (TPSA) is 52.3 Å². The minimum absolute atomic E-state index is 0.0240. The summed E-state index contributed by atoms with van der Waals surface area (Å²) in [6, 6.07) is 0. The Morgan fingerprint density at radius 2 is 2.22 bits per heavy atom. The van der Waals surface area contributed by atoms with E-state index < -0.39 is 0 Å². The minimum atomic E-state index is -0.215. The van der Waals surface area contributed by atoms with Crippen molar-refractivity contribution >= 4 is 5.97 Å². The average molecular weight is 131 g/mol. The van der Waals surface area contributed by atoms with E-state index in [9.17, 15) is 4.79 Å². The van der Waals surface area contributed by atoms with Crippen molar-refractivity contribution < 1.29 is 9.53 Å². The summed E-state index contributed by atoms with van der Waals surface area (Å²) in [7, 11) is 0. The lowest BCUT2D eigenvalue weighted by atomic mass is 10.4. The van der Waals surface area contributed by atoms with E-state index in [0.717, 1.165) is 0 Å². The third kappa shape index (κ3) is 5.30. The van der Waals surface area contributed by atoms with Gasteiger partial charge in [-0.1, -0.05) is 0 Å². The van der Waals surface area contributed by atoms with Crippen molar-refractivity contribution in [2.75, 3.05) is 6.54 Å². The van der Waals surface area contributed by atoms with Gasteiger partial charge >= 0.3 is 5.97 Å². The maximum absolute atomic E-state index is 10.6. The maximum atomic E-state index is 10.6. The van der Waals surface area contributed by atoms with Gasteiger partial charge in [0.05, 0.1) is 12.5 Å². The Hall–Kier alpha value is -0.570. The van der Waals surface area contributed by atoms with Gasteiger partial charge in [-0.2, -0.15) is 0 Å². The molecule has 3 heteroatoms. The lowest BCUT2D eigenvalue weighted by molar-refractivity contribution is -0.147. The van der Waals surface area contributed by atoms with Gasteiger partial charge < -0.3 is 10.5 Å². The summed E-state index contributed by atoms with van der Waals surface area (Å²) in [5.41, 5.74) is 5.10. The summed E-state index contributed by atoms with van der Waals surface area (Å²) in [6.45, 7) is 3.99. The number of hydrogen-bond donors (Lipinski definition) is 1. The van der Waals surface area contributed by atoms with Crippen molar-refractivity contribution in [1.82, 2.24) is 0 Å². The second kappa shape index (κ2) is 4.32. The molecule has 0 aromatic heterocycles. The van der Waals surface area contributed by atoms with Gasteiger partial charge in [0.15, 0.2) is 0 Å². The largest absolute Gasteiger partial charge is 0.463 e. The first kappa shape index (κ1) is 8.43. The lowest BCUT2D eigenvalue weighted by Gasteiger charge is -2.05. The number of esters is 1. The molecule has 0 spiro atoms. The van der Waals surface area contributed by atoms with Crippen molar-refractivity contribution in [3.63, 3.8) is 0 Å². The Balaban J connectivity index is 3.27. The van der Waals surface area contributed by atoms with Gasteiger partial charge in [-0.25, -0.2) is 0 Å². The number of hydrogen-bond acceptors (Lipinski definition) is 3. The van der Waals surface area contributed by atoms with Crippen LogP contribution >= 0.6 is 0 Å². The Labute approximate surface area is 55.2 Å². The molecule has 0 unspecified atom stereocenters. The van der Waals surface area contributed by atoms with Gasteiger partial charge in [0.1, 0.15) is 0 Å². The van der Waals surface area contributed by atoms with Crippen LogP contribution in [0.2, 0.25) is 0 Å². The van der Waals surface area contributed by atoms with E-state index in [1.54, 1.807) is 0 Å². The number of carbonyl (C=O) groups is 1. The lowest BCUT2D eigenvalue weighted by Crippen LogP contribution is -2.15. The monoisotopic (exact) mass is 131 g/mol. The van der Waals surface area contributed by atoms with Crippen molar-refractivity contribution in [2.45, 2.75) is 26.4 Å². The molecule has 0 heterocycles. The zero-order valence-electron chi connectivity index (χ0n) is 5.89. The van der Waals surface area contributed by atoms with E-state index in [2.05, 4.69) is 0 Å². The average Bonchev–Trinajstić information content (AvgIpc) is 1.63. The van der Waals surface area contributed by atoms with Crippen molar-refractivity contribution in [1.29, 1.82) is 0 Å². The molecular weight excluding hydrogens is 118 g/mol. The summed E-state index contributed by atoms with van der Waals surface area (Å²) in [6.07, 6.45) is 0.294. The van der Waals surface area contributed by atoms with Crippen molar-refractivity contribution in [3.05, 3.63) is 0 Å². The van der Waals surface area contributed by atoms with E-state index in [4.69, 9.17) is 10.5 Å². The van der Waals surface area contributed by atoms with Gasteiger partial charge in [0.2, 0.25) is 0 Å². The van der Waals surface area contributed by atoms with Crippen LogP contribution < -0.4 is 5.73 Å². The molecule has 0 radical (unpaired) electrons. The SMILES string of the molecule is CC(C)OC(=O)CCN. The Bertz CT molecular complexity index is 91.1. The van der Waals surface area contributed by atoms with Crippen LogP contribution in [0, 0.1) is 0 Å². The summed E-state index contributed by atoms with van der Waals surface area (Å²) in [5, 5.41) is 0. The Morgan fingerprint density at radius 3 is 2.56 bits per heavy atom. The van der Waals surface area contributed by atoms with Gasteiger partial charge in [0.25, 0.3) is 0 Å². The van der Waals surface area contributed by atoms with Gasteiger partial charge in [-0.3, -0.25) is 4.79 Å². The van der Waals surface area contributed by atoms with Crippen LogP contribution in [0.1, 0.15) is 20.3 Å². The Morgan fingerprint density at radius 1 is 1.67 bits per heavy atom. The molecule has 0 amide bonds. The molecule has 0 aliphatic rings. The van der Waals surface area contributed by atoms with E-state index in [0.29, 0.717) is 13.0 Å². The van der Waals surface area contributed by atoms with E-state index in [1.807, 2.05) is 13.8 Å². The molecule has 0 bridgehead atoms. The number of nitrogens with two attached hydrogens (primary N) is 1. The Kier molecular flexibility index (Phi) is 4.05. The molecule has 2 N–H and O–H groups in total. The molecular formula is C6H13NO2. The molecule has 0 aromatic rings. The van der Waals surface area contributed by atoms with E-state index in [-0.39, 0.29) is 12.1 Å². The molecule has 3 nitrogen and oxygen atoms in total. The van der Waals surface area contributed by atoms with Gasteiger partial charge in [-0.15, -0.1) is 0 Å². The zero-order valence-corrected chi connectivity index (χ0v) is 5.89. The molecule has 0 aliphatic carbocycles. The maximum Gasteiger partial charge on any atom is 0.307 e. The third-order valence-electron chi connectivity index (χ3n) is 0.716. The molecule has 0 saturated carbocycles. The van der Waals surface area contributed by atoms with Crippen LogP contribution in [0.5, 0.6) is 0 Å². The highest BCUT2D eigenvalue weighted by Crippen LogP contribution is 1.90. The third-order valence-corrected chi connectivity index (χ3v) is 0.716. The fraction of sp³-hybridized carbons (Fsp3) is 0.833. The fourth-order valence-corrected chi connectivity index (χ4v) is 0.440. The molecule has 0 fully saturated rings. The zero-order chi connectivity index (χ0) is 7.28. The molecule has 9 heavy (non-hydrogen) atoms.